The summed E-state index contributed by atoms with van der Waals surface area (Å²) >= 11 is 0. The van der Waals surface area contributed by atoms with E-state index >= 15 is 0 Å². The Hall–Kier alpha value is -0.0151. The van der Waals surface area contributed by atoms with Crippen molar-refractivity contribution in [2.75, 3.05) is 6.61 Å². The summed E-state index contributed by atoms with van der Waals surface area (Å²) in [4.78, 5) is 0. The molecule has 0 aliphatic carbocycles. The van der Waals surface area contributed by atoms with Crippen molar-refractivity contribution in [1.29, 1.82) is 0 Å². The molecule has 0 saturated carbocycles. The average Bonchev–Trinajstić information content (AvgIpc) is 1.77. The molecule has 0 bridgehead atoms. The Kier molecular flexibility index (Phi) is 1.92. The maximum Gasteiger partial charge on any atom is 0.396 e. The third-order valence-electron chi connectivity index (χ3n) is 1.63. The lowest BCUT2D eigenvalue weighted by atomic mass is 9.98. The molecular weight excluding hydrogens is 101 g/mol. The molecule has 2 nitrogen and oxygen atoms in total. The van der Waals surface area contributed by atoms with Gasteiger partial charge in [0.2, 0.25) is 0 Å². The second-order valence-electron chi connectivity index (χ2n) is 2.38. The Morgan fingerprint density at radius 2 is 2.38 bits per heavy atom. The summed E-state index contributed by atoms with van der Waals surface area (Å²) in [6.07, 6.45) is 0. The Balaban J connectivity index is 2.28. The fourth-order valence-electron chi connectivity index (χ4n) is 0.664. The van der Waals surface area contributed by atoms with Crippen LogP contribution in [0.3, 0.4) is 0 Å². The first-order chi connectivity index (χ1) is 3.80. The molecule has 1 rings (SSSR count). The van der Waals surface area contributed by atoms with Gasteiger partial charge < -0.3 is 9.88 Å². The molecule has 1 aliphatic heterocycles. The Bertz CT molecular complexity index is 68.8. The van der Waals surface area contributed by atoms with Crippen LogP contribution in [0, 0.1) is 5.92 Å². The van der Waals surface area contributed by atoms with Crippen LogP contribution in [0.25, 0.3) is 0 Å². The van der Waals surface area contributed by atoms with Crippen molar-refractivity contribution in [3.63, 3.8) is 0 Å². The van der Waals surface area contributed by atoms with E-state index < -0.39 is 0 Å². The molecule has 1 heterocycles. The number of rotatable bonds is 0. The molecule has 3 heteroatoms. The van der Waals surface area contributed by atoms with Gasteiger partial charge in [-0.05, 0) is 12.0 Å². The molecule has 1 aliphatic rings. The van der Waals surface area contributed by atoms with Crippen LogP contribution in [0.2, 0.25) is 0 Å². The highest BCUT2D eigenvalue weighted by Crippen LogP contribution is 2.05. The minimum Gasteiger partial charge on any atom is -0.424 e. The zero-order valence-corrected chi connectivity index (χ0v) is 5.35. The summed E-state index contributed by atoms with van der Waals surface area (Å²) in [7, 11) is 1.67. The minimum atomic E-state index is 0.573. The van der Waals surface area contributed by atoms with E-state index in [2.05, 4.69) is 19.1 Å². The Morgan fingerprint density at radius 3 is 2.75 bits per heavy atom. The van der Waals surface area contributed by atoms with Crippen molar-refractivity contribution in [2.45, 2.75) is 19.9 Å². The molecule has 1 fully saturated rings. The number of nitrogens with one attached hydrogen (secondary N) is 1. The Labute approximate surface area is 50.9 Å². The normalized spacial score (nSPS) is 38.8. The summed E-state index contributed by atoms with van der Waals surface area (Å²) in [6.45, 7) is 5.18. The van der Waals surface area contributed by atoms with Crippen LogP contribution in [0.15, 0.2) is 0 Å². The quantitative estimate of drug-likeness (QED) is 0.451. The van der Waals surface area contributed by atoms with Crippen LogP contribution in [0.4, 0.5) is 0 Å². The molecule has 0 aromatic heterocycles. The largest absolute Gasteiger partial charge is 0.424 e. The van der Waals surface area contributed by atoms with Crippen molar-refractivity contribution < 1.29 is 4.65 Å². The molecule has 8 heavy (non-hydrogen) atoms. The van der Waals surface area contributed by atoms with E-state index in [-0.39, 0.29) is 0 Å². The van der Waals surface area contributed by atoms with E-state index in [9.17, 15) is 0 Å². The summed E-state index contributed by atoms with van der Waals surface area (Å²) in [5.74, 6) is 0.639. The molecule has 0 amide bonds. The summed E-state index contributed by atoms with van der Waals surface area (Å²) < 4.78 is 5.02. The van der Waals surface area contributed by atoms with E-state index in [0.29, 0.717) is 12.0 Å². The number of hydrogen-bond donors (Lipinski definition) is 1. The molecule has 2 unspecified atom stereocenters. The average molecular weight is 112 g/mol. The lowest BCUT2D eigenvalue weighted by Gasteiger charge is -2.25. The third kappa shape index (κ3) is 1.23. The highest BCUT2D eigenvalue weighted by atomic mass is 16.4. The van der Waals surface area contributed by atoms with E-state index in [0.717, 1.165) is 6.61 Å². The third-order valence-corrected chi connectivity index (χ3v) is 1.63. The molecule has 45 valence electrons. The second kappa shape index (κ2) is 2.51. The lowest BCUT2D eigenvalue weighted by molar-refractivity contribution is 0.207. The maximum absolute atomic E-state index is 5.02. The van der Waals surface area contributed by atoms with Gasteiger partial charge in [-0.2, -0.15) is 0 Å². The van der Waals surface area contributed by atoms with Gasteiger partial charge in [-0.25, -0.2) is 0 Å². The first-order valence-electron chi connectivity index (χ1n) is 3.00. The predicted octanol–water partition coefficient (Wildman–Crippen LogP) is 0.165. The summed E-state index contributed by atoms with van der Waals surface area (Å²) in [5, 5.41) is 3.08. The van der Waals surface area contributed by atoms with Crippen LogP contribution < -0.4 is 5.23 Å². The monoisotopic (exact) mass is 112 g/mol. The Morgan fingerprint density at radius 1 is 1.62 bits per heavy atom. The molecule has 0 spiro atoms. The molecular formula is C5H11BNO. The predicted molar refractivity (Wildman–Crippen MR) is 33.5 cm³/mol. The van der Waals surface area contributed by atoms with Crippen LogP contribution in [0.5, 0.6) is 0 Å². The minimum absolute atomic E-state index is 0.573. The van der Waals surface area contributed by atoms with Gasteiger partial charge in [-0.1, -0.05) is 13.8 Å². The van der Waals surface area contributed by atoms with Gasteiger partial charge in [0.15, 0.2) is 0 Å². The van der Waals surface area contributed by atoms with Crippen molar-refractivity contribution in [2.24, 2.45) is 5.92 Å². The van der Waals surface area contributed by atoms with Crippen LogP contribution in [0.1, 0.15) is 13.8 Å². The summed E-state index contributed by atoms with van der Waals surface area (Å²) in [6, 6.07) is 0.573. The zero-order chi connectivity index (χ0) is 5.98. The van der Waals surface area contributed by atoms with Gasteiger partial charge in [-0.15, -0.1) is 0 Å². The van der Waals surface area contributed by atoms with Crippen molar-refractivity contribution >= 4 is 7.62 Å². The van der Waals surface area contributed by atoms with Gasteiger partial charge in [0.05, 0.1) is 0 Å². The fraction of sp³-hybridized carbons (Fsp3) is 1.00. The van der Waals surface area contributed by atoms with Gasteiger partial charge in [0.1, 0.15) is 0 Å². The highest BCUT2D eigenvalue weighted by Gasteiger charge is 2.16. The van der Waals surface area contributed by atoms with E-state index in [1.807, 2.05) is 0 Å². The van der Waals surface area contributed by atoms with Crippen molar-refractivity contribution in [1.82, 2.24) is 5.23 Å². The van der Waals surface area contributed by atoms with Gasteiger partial charge in [0, 0.05) is 6.61 Å². The van der Waals surface area contributed by atoms with E-state index in [1.165, 1.54) is 0 Å². The van der Waals surface area contributed by atoms with Gasteiger partial charge >= 0.3 is 7.62 Å². The molecule has 0 aromatic carbocycles. The number of hydrogen-bond acceptors (Lipinski definition) is 2. The SMILES string of the molecule is CC1CO[B]NC1C. The van der Waals surface area contributed by atoms with Crippen LogP contribution in [-0.2, 0) is 4.65 Å². The molecule has 1 N–H and O–H groups in total. The molecule has 0 aromatic rings. The first-order valence-corrected chi connectivity index (χ1v) is 3.00. The van der Waals surface area contributed by atoms with Gasteiger partial charge in [-0.3, -0.25) is 0 Å². The topological polar surface area (TPSA) is 21.3 Å². The molecule has 1 radical (unpaired) electrons. The van der Waals surface area contributed by atoms with Crippen LogP contribution in [-0.4, -0.2) is 20.3 Å². The van der Waals surface area contributed by atoms with Crippen LogP contribution >= 0.6 is 0 Å². The van der Waals surface area contributed by atoms with Crippen molar-refractivity contribution in [3.8, 4) is 0 Å². The lowest BCUT2D eigenvalue weighted by Crippen LogP contribution is -2.43. The molecule has 2 atom stereocenters. The first kappa shape index (κ1) is 6.11. The fourth-order valence-corrected chi connectivity index (χ4v) is 0.664. The maximum atomic E-state index is 5.02. The van der Waals surface area contributed by atoms with Crippen molar-refractivity contribution in [3.05, 3.63) is 0 Å². The highest BCUT2D eigenvalue weighted by molar-refractivity contribution is 6.23. The summed E-state index contributed by atoms with van der Waals surface area (Å²) in [5.41, 5.74) is 0. The molecule has 1 saturated heterocycles. The van der Waals surface area contributed by atoms with E-state index in [1.54, 1.807) is 7.62 Å². The van der Waals surface area contributed by atoms with E-state index in [4.69, 9.17) is 4.65 Å². The standard InChI is InChI=1S/C5H11BNO/c1-4-3-8-6-7-5(4)2/h4-5,7H,3H2,1-2H3. The van der Waals surface area contributed by atoms with Gasteiger partial charge in [0.25, 0.3) is 0 Å². The smallest absolute Gasteiger partial charge is 0.396 e. The zero-order valence-electron chi connectivity index (χ0n) is 5.35. The second-order valence-corrected chi connectivity index (χ2v) is 2.38.